The summed E-state index contributed by atoms with van der Waals surface area (Å²) in [7, 11) is 0. The lowest BCUT2D eigenvalue weighted by atomic mass is 10.0. The highest BCUT2D eigenvalue weighted by atomic mass is 35.5. The molecule has 1 aromatic carbocycles. The summed E-state index contributed by atoms with van der Waals surface area (Å²) in [5.41, 5.74) is 0.850. The van der Waals surface area contributed by atoms with E-state index in [1.165, 1.54) is 15.9 Å². The standard InChI is InChI=1S/C19H21Cl2N5O2S/c1-3-15-22-19-26(23-15)18(28)17(29-19)16(13-5-4-12(20)10-14(13)21)25-8-6-24(7-9-25)11(2)27/h4-5,10,16,28H,3,6-9H2,1-2H3. The van der Waals surface area contributed by atoms with Crippen molar-refractivity contribution in [2.24, 2.45) is 0 Å². The van der Waals surface area contributed by atoms with Crippen LogP contribution in [0, 0.1) is 0 Å². The number of amides is 1. The van der Waals surface area contributed by atoms with Crippen molar-refractivity contribution in [3.63, 3.8) is 0 Å². The third-order valence-corrected chi connectivity index (χ3v) is 6.82. The molecule has 154 valence electrons. The molecule has 0 bridgehead atoms. The maximum atomic E-state index is 11.7. The minimum absolute atomic E-state index is 0.0689. The number of aryl methyl sites for hydroxylation is 1. The van der Waals surface area contributed by atoms with Gasteiger partial charge in [-0.05, 0) is 17.7 Å². The molecule has 1 saturated heterocycles. The normalized spacial score (nSPS) is 16.5. The van der Waals surface area contributed by atoms with Crippen molar-refractivity contribution in [3.05, 3.63) is 44.5 Å². The minimum atomic E-state index is -0.285. The van der Waals surface area contributed by atoms with Gasteiger partial charge in [0, 0.05) is 49.6 Å². The predicted octanol–water partition coefficient (Wildman–Crippen LogP) is 3.62. The molecule has 3 heterocycles. The summed E-state index contributed by atoms with van der Waals surface area (Å²) in [5, 5.41) is 16.4. The summed E-state index contributed by atoms with van der Waals surface area (Å²) in [6, 6.07) is 5.11. The highest BCUT2D eigenvalue weighted by Gasteiger charge is 2.33. The first-order chi connectivity index (χ1) is 13.9. The van der Waals surface area contributed by atoms with Crippen LogP contribution in [0.2, 0.25) is 10.0 Å². The van der Waals surface area contributed by atoms with Crippen LogP contribution in [0.4, 0.5) is 0 Å². The summed E-state index contributed by atoms with van der Waals surface area (Å²) in [6.07, 6.45) is 0.697. The zero-order valence-electron chi connectivity index (χ0n) is 16.1. The van der Waals surface area contributed by atoms with Gasteiger partial charge in [-0.2, -0.15) is 4.52 Å². The topological polar surface area (TPSA) is 74.0 Å². The van der Waals surface area contributed by atoms with Gasteiger partial charge in [-0.25, -0.2) is 4.98 Å². The van der Waals surface area contributed by atoms with E-state index in [4.69, 9.17) is 23.2 Å². The minimum Gasteiger partial charge on any atom is -0.492 e. The van der Waals surface area contributed by atoms with Crippen LogP contribution >= 0.6 is 34.5 Å². The van der Waals surface area contributed by atoms with Crippen LogP contribution < -0.4 is 0 Å². The fraction of sp³-hybridized carbons (Fsp3) is 0.421. The molecule has 3 aromatic rings. The maximum absolute atomic E-state index is 11.7. The lowest BCUT2D eigenvalue weighted by Gasteiger charge is -2.39. The lowest BCUT2D eigenvalue weighted by molar-refractivity contribution is -0.130. The van der Waals surface area contributed by atoms with Gasteiger partial charge in [0.2, 0.25) is 16.7 Å². The number of carbonyl (C=O) groups is 1. The number of hydrogen-bond donors (Lipinski definition) is 1. The van der Waals surface area contributed by atoms with Crippen molar-refractivity contribution in [2.75, 3.05) is 26.2 Å². The smallest absolute Gasteiger partial charge is 0.230 e. The van der Waals surface area contributed by atoms with Crippen molar-refractivity contribution >= 4 is 45.4 Å². The fourth-order valence-corrected chi connectivity index (χ4v) is 5.28. The van der Waals surface area contributed by atoms with E-state index < -0.39 is 0 Å². The number of rotatable bonds is 4. The van der Waals surface area contributed by atoms with Crippen LogP contribution in [0.5, 0.6) is 5.88 Å². The molecule has 7 nitrogen and oxygen atoms in total. The van der Waals surface area contributed by atoms with E-state index in [0.717, 1.165) is 10.4 Å². The number of hydrogen-bond acceptors (Lipinski definition) is 6. The first-order valence-corrected chi connectivity index (χ1v) is 11.0. The van der Waals surface area contributed by atoms with Crippen molar-refractivity contribution in [1.29, 1.82) is 0 Å². The van der Waals surface area contributed by atoms with Crippen molar-refractivity contribution in [3.8, 4) is 5.88 Å². The Labute approximate surface area is 182 Å². The Morgan fingerprint density at radius 1 is 1.28 bits per heavy atom. The molecule has 1 N–H and O–H groups in total. The number of fused-ring (bicyclic) bond motifs is 1. The lowest BCUT2D eigenvalue weighted by Crippen LogP contribution is -2.49. The second-order valence-corrected chi connectivity index (χ2v) is 8.83. The Bertz CT molecular complexity index is 1060. The second kappa shape index (κ2) is 8.10. The Kier molecular flexibility index (Phi) is 5.70. The molecule has 2 aromatic heterocycles. The monoisotopic (exact) mass is 453 g/mol. The Morgan fingerprint density at radius 2 is 2.00 bits per heavy atom. The number of carbonyl (C=O) groups excluding carboxylic acids is 1. The number of halogens is 2. The highest BCUT2D eigenvalue weighted by molar-refractivity contribution is 7.17. The van der Waals surface area contributed by atoms with E-state index >= 15 is 0 Å². The molecule has 1 amide bonds. The molecule has 10 heteroatoms. The van der Waals surface area contributed by atoms with Gasteiger partial charge in [-0.1, -0.05) is 47.5 Å². The number of benzene rings is 1. The average Bonchev–Trinajstić information content (AvgIpc) is 3.23. The summed E-state index contributed by atoms with van der Waals surface area (Å²) in [5.74, 6) is 0.830. The number of aromatic nitrogens is 3. The number of nitrogens with zero attached hydrogens (tertiary/aromatic N) is 5. The van der Waals surface area contributed by atoms with E-state index in [0.29, 0.717) is 53.4 Å². The SMILES string of the molecule is CCc1nc2sc(C(c3ccc(Cl)cc3Cl)N3CCN(C(C)=O)CC3)c(O)n2n1. The van der Waals surface area contributed by atoms with E-state index in [1.807, 2.05) is 17.9 Å². The largest absolute Gasteiger partial charge is 0.492 e. The zero-order chi connectivity index (χ0) is 20.7. The molecule has 1 aliphatic rings. The first-order valence-electron chi connectivity index (χ1n) is 9.40. The van der Waals surface area contributed by atoms with Gasteiger partial charge < -0.3 is 10.0 Å². The van der Waals surface area contributed by atoms with Crippen LogP contribution in [-0.4, -0.2) is 61.6 Å². The van der Waals surface area contributed by atoms with E-state index in [-0.39, 0.29) is 17.8 Å². The van der Waals surface area contributed by atoms with E-state index in [9.17, 15) is 9.90 Å². The quantitative estimate of drug-likeness (QED) is 0.652. The number of aromatic hydroxyl groups is 1. The Hall–Kier alpha value is -1.87. The third-order valence-electron chi connectivity index (χ3n) is 5.19. The van der Waals surface area contributed by atoms with Gasteiger partial charge in [-0.3, -0.25) is 9.69 Å². The van der Waals surface area contributed by atoms with Crippen LogP contribution in [0.15, 0.2) is 18.2 Å². The molecule has 0 aliphatic carbocycles. The fourth-order valence-electron chi connectivity index (χ4n) is 3.64. The molecule has 1 fully saturated rings. The van der Waals surface area contributed by atoms with Gasteiger partial charge in [0.05, 0.1) is 10.9 Å². The van der Waals surface area contributed by atoms with Crippen LogP contribution in [0.1, 0.15) is 36.2 Å². The molecule has 4 rings (SSSR count). The molecule has 0 spiro atoms. The third kappa shape index (κ3) is 3.82. The zero-order valence-corrected chi connectivity index (χ0v) is 18.4. The maximum Gasteiger partial charge on any atom is 0.230 e. The molecule has 0 saturated carbocycles. The average molecular weight is 454 g/mol. The van der Waals surface area contributed by atoms with Crippen molar-refractivity contribution in [2.45, 2.75) is 26.3 Å². The Balaban J connectivity index is 1.77. The summed E-state index contributed by atoms with van der Waals surface area (Å²) in [6.45, 7) is 6.13. The first kappa shape index (κ1) is 20.4. The predicted molar refractivity (Wildman–Crippen MR) is 114 cm³/mol. The second-order valence-electron chi connectivity index (χ2n) is 6.98. The van der Waals surface area contributed by atoms with Gasteiger partial charge in [0.25, 0.3) is 0 Å². The van der Waals surface area contributed by atoms with Gasteiger partial charge in [-0.15, -0.1) is 5.10 Å². The van der Waals surface area contributed by atoms with Crippen LogP contribution in [0.3, 0.4) is 0 Å². The van der Waals surface area contributed by atoms with Crippen molar-refractivity contribution in [1.82, 2.24) is 24.4 Å². The molecule has 1 aliphatic heterocycles. The van der Waals surface area contributed by atoms with E-state index in [1.54, 1.807) is 19.1 Å². The van der Waals surface area contributed by atoms with E-state index in [2.05, 4.69) is 15.0 Å². The van der Waals surface area contributed by atoms with Crippen LogP contribution in [0.25, 0.3) is 4.96 Å². The van der Waals surface area contributed by atoms with Gasteiger partial charge in [0.15, 0.2) is 5.82 Å². The summed E-state index contributed by atoms with van der Waals surface area (Å²) < 4.78 is 1.49. The van der Waals surface area contributed by atoms with Crippen molar-refractivity contribution < 1.29 is 9.90 Å². The molecular formula is C19H21Cl2N5O2S. The Morgan fingerprint density at radius 3 is 2.59 bits per heavy atom. The number of thiazole rings is 1. The molecular weight excluding hydrogens is 433 g/mol. The highest BCUT2D eigenvalue weighted by Crippen LogP contribution is 2.42. The molecule has 0 radical (unpaired) electrons. The molecule has 29 heavy (non-hydrogen) atoms. The number of piperazine rings is 1. The molecule has 1 unspecified atom stereocenters. The van der Waals surface area contributed by atoms with Gasteiger partial charge in [0.1, 0.15) is 0 Å². The summed E-state index contributed by atoms with van der Waals surface area (Å²) in [4.78, 5) is 21.6. The molecule has 1 atom stereocenters. The summed E-state index contributed by atoms with van der Waals surface area (Å²) >= 11 is 14.1. The van der Waals surface area contributed by atoms with Gasteiger partial charge >= 0.3 is 0 Å². The van der Waals surface area contributed by atoms with Crippen LogP contribution in [-0.2, 0) is 11.2 Å².